The van der Waals surface area contributed by atoms with E-state index in [1.165, 1.54) is 19.3 Å². The summed E-state index contributed by atoms with van der Waals surface area (Å²) in [6, 6.07) is 18.1. The second kappa shape index (κ2) is 13.8. The number of carbonyl (C=O) groups excluding carboxylic acids is 2. The van der Waals surface area contributed by atoms with Crippen LogP contribution in [-0.4, -0.2) is 67.7 Å². The molecule has 2 fully saturated rings. The van der Waals surface area contributed by atoms with Crippen molar-refractivity contribution < 1.29 is 14.7 Å². The third-order valence-electron chi connectivity index (χ3n) is 8.03. The van der Waals surface area contributed by atoms with Crippen molar-refractivity contribution in [2.24, 2.45) is 11.8 Å². The lowest BCUT2D eigenvalue weighted by Crippen LogP contribution is -2.54. The first kappa shape index (κ1) is 28.1. The molecular weight excluding hydrogens is 476 g/mol. The van der Waals surface area contributed by atoms with Crippen LogP contribution in [0.4, 0.5) is 5.69 Å². The van der Waals surface area contributed by atoms with Gasteiger partial charge in [0.1, 0.15) is 0 Å². The number of anilines is 1. The van der Waals surface area contributed by atoms with Crippen molar-refractivity contribution in [1.82, 2.24) is 15.5 Å². The molecule has 0 aromatic heterocycles. The lowest BCUT2D eigenvalue weighted by Gasteiger charge is -2.39. The number of amides is 2. The highest BCUT2D eigenvalue weighted by atomic mass is 16.3. The summed E-state index contributed by atoms with van der Waals surface area (Å²) in [5, 5.41) is 17.8. The standard InChI is InChI=1S/C31H44N4O3/c1-34(2)27-15-9-14-25(16-27)19-32-21-29(36)28(17-23-10-5-3-6-11-23)35(22-24-12-7-4-8-13-24)31(38)26-18-30(37)33-20-26/h3,5-6,9-11,14-16,24,26,28-29,32,36H,4,7-8,12-13,17-22H2,1-2H3,(H,33,37)/t26-,28+,29?/m1/s1. The van der Waals surface area contributed by atoms with Crippen molar-refractivity contribution in [2.75, 3.05) is 38.6 Å². The van der Waals surface area contributed by atoms with E-state index < -0.39 is 6.10 Å². The van der Waals surface area contributed by atoms with Crippen LogP contribution in [0.5, 0.6) is 0 Å². The van der Waals surface area contributed by atoms with Crippen molar-refractivity contribution in [2.45, 2.75) is 63.6 Å². The highest BCUT2D eigenvalue weighted by Gasteiger charge is 2.38. The van der Waals surface area contributed by atoms with Gasteiger partial charge in [0.25, 0.3) is 0 Å². The van der Waals surface area contributed by atoms with Gasteiger partial charge < -0.3 is 25.5 Å². The van der Waals surface area contributed by atoms with Gasteiger partial charge in [-0.3, -0.25) is 9.59 Å². The maximum absolute atomic E-state index is 13.9. The molecule has 0 spiro atoms. The third-order valence-corrected chi connectivity index (χ3v) is 8.03. The Balaban J connectivity index is 1.52. The highest BCUT2D eigenvalue weighted by Crippen LogP contribution is 2.28. The molecule has 1 aliphatic carbocycles. The van der Waals surface area contributed by atoms with E-state index in [-0.39, 0.29) is 30.2 Å². The van der Waals surface area contributed by atoms with Crippen LogP contribution in [-0.2, 0) is 22.6 Å². The molecule has 38 heavy (non-hydrogen) atoms. The Kier molecular flexibility index (Phi) is 10.2. The quantitative estimate of drug-likeness (QED) is 0.400. The topological polar surface area (TPSA) is 84.9 Å². The number of benzene rings is 2. The zero-order valence-electron chi connectivity index (χ0n) is 22.9. The van der Waals surface area contributed by atoms with Crippen molar-refractivity contribution in [3.63, 3.8) is 0 Å². The Hall–Kier alpha value is -2.90. The van der Waals surface area contributed by atoms with E-state index in [0.717, 1.165) is 29.7 Å². The fourth-order valence-electron chi connectivity index (χ4n) is 5.81. The predicted octanol–water partition coefficient (Wildman–Crippen LogP) is 3.36. The summed E-state index contributed by atoms with van der Waals surface area (Å²) in [4.78, 5) is 29.9. The maximum Gasteiger partial charge on any atom is 0.228 e. The van der Waals surface area contributed by atoms with Crippen LogP contribution in [0, 0.1) is 11.8 Å². The normalized spacial score (nSPS) is 19.6. The fourth-order valence-corrected chi connectivity index (χ4v) is 5.81. The highest BCUT2D eigenvalue weighted by molar-refractivity contribution is 5.89. The van der Waals surface area contributed by atoms with Crippen LogP contribution in [0.25, 0.3) is 0 Å². The SMILES string of the molecule is CN(C)c1cccc(CNCC(O)[C@H](Cc2ccccc2)N(CC2CCCCC2)C(=O)[C@H]2CNC(=O)C2)c1. The first-order chi connectivity index (χ1) is 18.4. The number of aliphatic hydroxyl groups is 1. The summed E-state index contributed by atoms with van der Waals surface area (Å²) in [5.41, 5.74) is 3.38. The predicted molar refractivity (Wildman–Crippen MR) is 152 cm³/mol. The van der Waals surface area contributed by atoms with Crippen LogP contribution < -0.4 is 15.5 Å². The Morgan fingerprint density at radius 1 is 1.05 bits per heavy atom. The second-order valence-corrected chi connectivity index (χ2v) is 11.2. The van der Waals surface area contributed by atoms with Crippen LogP contribution >= 0.6 is 0 Å². The smallest absolute Gasteiger partial charge is 0.228 e. The first-order valence-electron chi connectivity index (χ1n) is 14.2. The van der Waals surface area contributed by atoms with Gasteiger partial charge in [-0.2, -0.15) is 0 Å². The van der Waals surface area contributed by atoms with Crippen LogP contribution in [0.15, 0.2) is 54.6 Å². The number of nitrogens with zero attached hydrogens (tertiary/aromatic N) is 2. The molecule has 0 radical (unpaired) electrons. The molecule has 2 aliphatic rings. The molecule has 2 aromatic carbocycles. The molecule has 0 bridgehead atoms. The van der Waals surface area contributed by atoms with Gasteiger partial charge in [-0.15, -0.1) is 0 Å². The average Bonchev–Trinajstić information content (AvgIpc) is 3.37. The van der Waals surface area contributed by atoms with Gasteiger partial charge >= 0.3 is 0 Å². The summed E-state index contributed by atoms with van der Waals surface area (Å²) in [6.45, 7) is 2.03. The van der Waals surface area contributed by atoms with Crippen molar-refractivity contribution >= 4 is 17.5 Å². The van der Waals surface area contributed by atoms with Crippen molar-refractivity contribution in [3.05, 3.63) is 65.7 Å². The number of hydrogen-bond acceptors (Lipinski definition) is 5. The molecule has 2 amide bonds. The van der Waals surface area contributed by atoms with Gasteiger partial charge in [0.15, 0.2) is 0 Å². The molecular formula is C31H44N4O3. The van der Waals surface area contributed by atoms with Gasteiger partial charge in [-0.1, -0.05) is 61.7 Å². The van der Waals surface area contributed by atoms with E-state index in [1.54, 1.807) is 0 Å². The molecule has 3 N–H and O–H groups in total. The largest absolute Gasteiger partial charge is 0.390 e. The minimum Gasteiger partial charge on any atom is -0.390 e. The molecule has 206 valence electrons. The van der Waals surface area contributed by atoms with E-state index >= 15 is 0 Å². The second-order valence-electron chi connectivity index (χ2n) is 11.2. The Labute approximate surface area is 227 Å². The summed E-state index contributed by atoms with van der Waals surface area (Å²) in [6.07, 6.45) is 5.91. The van der Waals surface area contributed by atoms with E-state index in [4.69, 9.17) is 0 Å². The summed E-state index contributed by atoms with van der Waals surface area (Å²) >= 11 is 0. The molecule has 4 rings (SSSR count). The van der Waals surface area contributed by atoms with Gasteiger partial charge in [0, 0.05) is 52.4 Å². The minimum atomic E-state index is -0.746. The molecule has 1 heterocycles. The molecule has 1 unspecified atom stereocenters. The van der Waals surface area contributed by atoms with E-state index in [1.807, 2.05) is 43.3 Å². The zero-order valence-corrected chi connectivity index (χ0v) is 22.9. The Bertz CT molecular complexity index is 1040. The maximum atomic E-state index is 13.9. The van der Waals surface area contributed by atoms with Crippen molar-refractivity contribution in [3.8, 4) is 0 Å². The van der Waals surface area contributed by atoms with Gasteiger partial charge in [-0.25, -0.2) is 0 Å². The average molecular weight is 521 g/mol. The third kappa shape index (κ3) is 7.81. The molecule has 7 heteroatoms. The molecule has 1 saturated heterocycles. The van der Waals surface area contributed by atoms with Crippen LogP contribution in [0.2, 0.25) is 0 Å². The number of rotatable bonds is 12. The molecule has 3 atom stereocenters. The number of nitrogens with one attached hydrogen (secondary N) is 2. The van der Waals surface area contributed by atoms with Gasteiger partial charge in [0.2, 0.25) is 11.8 Å². The number of carbonyl (C=O) groups is 2. The lowest BCUT2D eigenvalue weighted by molar-refractivity contribution is -0.141. The van der Waals surface area contributed by atoms with E-state index in [0.29, 0.717) is 38.5 Å². The number of hydrogen-bond donors (Lipinski definition) is 3. The minimum absolute atomic E-state index is 0.00686. The first-order valence-corrected chi connectivity index (χ1v) is 14.2. The van der Waals surface area contributed by atoms with Gasteiger partial charge in [-0.05, 0) is 48.4 Å². The van der Waals surface area contributed by atoms with E-state index in [2.05, 4.69) is 45.9 Å². The molecule has 1 aliphatic heterocycles. The fraction of sp³-hybridized carbons (Fsp3) is 0.548. The zero-order chi connectivity index (χ0) is 26.9. The lowest BCUT2D eigenvalue weighted by atomic mass is 9.87. The van der Waals surface area contributed by atoms with Crippen LogP contribution in [0.1, 0.15) is 49.7 Å². The van der Waals surface area contributed by atoms with Crippen molar-refractivity contribution in [1.29, 1.82) is 0 Å². The molecule has 2 aromatic rings. The van der Waals surface area contributed by atoms with Gasteiger partial charge in [0.05, 0.1) is 18.1 Å². The summed E-state index contributed by atoms with van der Waals surface area (Å²) in [7, 11) is 4.05. The molecule has 1 saturated carbocycles. The monoisotopic (exact) mass is 520 g/mol. The molecule has 7 nitrogen and oxygen atoms in total. The number of aliphatic hydroxyl groups excluding tert-OH is 1. The summed E-state index contributed by atoms with van der Waals surface area (Å²) in [5.74, 6) is -0.00130. The van der Waals surface area contributed by atoms with Crippen LogP contribution in [0.3, 0.4) is 0 Å². The Morgan fingerprint density at radius 3 is 2.47 bits per heavy atom. The Morgan fingerprint density at radius 2 is 1.79 bits per heavy atom. The summed E-state index contributed by atoms with van der Waals surface area (Å²) < 4.78 is 0. The van der Waals surface area contributed by atoms with E-state index in [9.17, 15) is 14.7 Å².